The van der Waals surface area contributed by atoms with Gasteiger partial charge in [0.15, 0.2) is 0 Å². The highest BCUT2D eigenvalue weighted by atomic mass is 16.6. The molecule has 0 atom stereocenters. The van der Waals surface area contributed by atoms with Crippen molar-refractivity contribution in [3.8, 4) is 0 Å². The summed E-state index contributed by atoms with van der Waals surface area (Å²) in [4.78, 5) is 34.1. The van der Waals surface area contributed by atoms with E-state index in [-0.39, 0.29) is 32.7 Å². The van der Waals surface area contributed by atoms with Crippen LogP contribution in [-0.4, -0.2) is 57.0 Å². The standard InChI is InChI=1S/C15H26N2O6/c1-11(2)13(19)22-9-8-17-14(20)16-7-6-12(18)23-15(3,4)10-21-5/h1,6-10H2,2-5H3,(H2,16,17,20). The summed E-state index contributed by atoms with van der Waals surface area (Å²) in [6.07, 6.45) is 0.0468. The topological polar surface area (TPSA) is 103 Å². The molecule has 0 saturated heterocycles. The highest BCUT2D eigenvalue weighted by Gasteiger charge is 2.22. The fourth-order valence-corrected chi connectivity index (χ4v) is 1.51. The summed E-state index contributed by atoms with van der Waals surface area (Å²) in [5, 5.41) is 4.99. The number of carbonyl (C=O) groups is 3. The van der Waals surface area contributed by atoms with Crippen LogP contribution in [0.4, 0.5) is 4.79 Å². The summed E-state index contributed by atoms with van der Waals surface area (Å²) in [6, 6.07) is -0.458. The van der Waals surface area contributed by atoms with Crippen molar-refractivity contribution in [1.82, 2.24) is 10.6 Å². The number of esters is 2. The molecule has 0 aliphatic carbocycles. The van der Waals surface area contributed by atoms with Gasteiger partial charge < -0.3 is 24.8 Å². The van der Waals surface area contributed by atoms with E-state index in [1.165, 1.54) is 14.0 Å². The van der Waals surface area contributed by atoms with Gasteiger partial charge in [-0.3, -0.25) is 4.79 Å². The maximum Gasteiger partial charge on any atom is 0.333 e. The fraction of sp³-hybridized carbons (Fsp3) is 0.667. The van der Waals surface area contributed by atoms with E-state index in [1.54, 1.807) is 13.8 Å². The summed E-state index contributed by atoms with van der Waals surface area (Å²) in [6.45, 7) is 9.08. The Labute approximate surface area is 136 Å². The fourth-order valence-electron chi connectivity index (χ4n) is 1.51. The smallest absolute Gasteiger partial charge is 0.333 e. The molecule has 0 aromatic rings. The summed E-state index contributed by atoms with van der Waals surface area (Å²) in [7, 11) is 1.52. The van der Waals surface area contributed by atoms with Crippen LogP contribution in [0.3, 0.4) is 0 Å². The molecule has 0 spiro atoms. The van der Waals surface area contributed by atoms with Crippen molar-refractivity contribution in [3.63, 3.8) is 0 Å². The Morgan fingerprint density at radius 3 is 2.30 bits per heavy atom. The first-order valence-electron chi connectivity index (χ1n) is 7.23. The highest BCUT2D eigenvalue weighted by molar-refractivity contribution is 5.86. The van der Waals surface area contributed by atoms with Crippen LogP contribution in [0.2, 0.25) is 0 Å². The first-order valence-corrected chi connectivity index (χ1v) is 7.23. The van der Waals surface area contributed by atoms with Crippen LogP contribution in [0.25, 0.3) is 0 Å². The van der Waals surface area contributed by atoms with Crippen molar-refractivity contribution in [1.29, 1.82) is 0 Å². The van der Waals surface area contributed by atoms with Gasteiger partial charge >= 0.3 is 18.0 Å². The molecular formula is C15H26N2O6. The summed E-state index contributed by atoms with van der Waals surface area (Å²) >= 11 is 0. The minimum atomic E-state index is -0.707. The number of nitrogens with one attached hydrogen (secondary N) is 2. The Bertz CT molecular complexity index is 434. The zero-order chi connectivity index (χ0) is 17.9. The maximum atomic E-state index is 11.6. The molecule has 0 unspecified atom stereocenters. The van der Waals surface area contributed by atoms with E-state index in [0.717, 1.165) is 0 Å². The first-order chi connectivity index (χ1) is 10.7. The lowest BCUT2D eigenvalue weighted by Crippen LogP contribution is -2.39. The van der Waals surface area contributed by atoms with E-state index in [4.69, 9.17) is 14.2 Å². The van der Waals surface area contributed by atoms with Crippen molar-refractivity contribution in [2.45, 2.75) is 32.8 Å². The van der Waals surface area contributed by atoms with Crippen LogP contribution in [-0.2, 0) is 23.8 Å². The third-order valence-electron chi connectivity index (χ3n) is 2.47. The van der Waals surface area contributed by atoms with Crippen molar-refractivity contribution in [2.24, 2.45) is 0 Å². The second-order valence-electron chi connectivity index (χ2n) is 5.52. The molecule has 0 aromatic carbocycles. The van der Waals surface area contributed by atoms with Crippen LogP contribution >= 0.6 is 0 Å². The molecule has 8 nitrogen and oxygen atoms in total. The Hall–Kier alpha value is -2.09. The largest absolute Gasteiger partial charge is 0.460 e. The van der Waals surface area contributed by atoms with Gasteiger partial charge in [0, 0.05) is 19.2 Å². The van der Waals surface area contributed by atoms with Gasteiger partial charge in [0.1, 0.15) is 12.2 Å². The molecule has 2 amide bonds. The lowest BCUT2D eigenvalue weighted by Gasteiger charge is -2.24. The molecule has 0 rings (SSSR count). The second-order valence-corrected chi connectivity index (χ2v) is 5.52. The van der Waals surface area contributed by atoms with Gasteiger partial charge in [-0.25, -0.2) is 9.59 Å². The number of hydrogen-bond acceptors (Lipinski definition) is 6. The van der Waals surface area contributed by atoms with Crippen LogP contribution in [0, 0.1) is 0 Å². The lowest BCUT2D eigenvalue weighted by molar-refractivity contribution is -0.160. The Kier molecular flexibility index (Phi) is 9.64. The first kappa shape index (κ1) is 20.9. The van der Waals surface area contributed by atoms with Crippen LogP contribution in [0.5, 0.6) is 0 Å². The molecule has 23 heavy (non-hydrogen) atoms. The van der Waals surface area contributed by atoms with E-state index in [1.807, 2.05) is 0 Å². The number of amides is 2. The van der Waals surface area contributed by atoms with Crippen LogP contribution in [0.15, 0.2) is 12.2 Å². The summed E-state index contributed by atoms with van der Waals surface area (Å²) < 4.78 is 15.0. The molecule has 0 saturated carbocycles. The van der Waals surface area contributed by atoms with Crippen molar-refractivity contribution in [2.75, 3.05) is 33.4 Å². The van der Waals surface area contributed by atoms with E-state index in [0.29, 0.717) is 5.57 Å². The van der Waals surface area contributed by atoms with Crippen molar-refractivity contribution >= 4 is 18.0 Å². The predicted molar refractivity (Wildman–Crippen MR) is 83.8 cm³/mol. The van der Waals surface area contributed by atoms with Crippen molar-refractivity contribution < 1.29 is 28.6 Å². The minimum Gasteiger partial charge on any atom is -0.460 e. The van der Waals surface area contributed by atoms with Gasteiger partial charge in [-0.15, -0.1) is 0 Å². The molecule has 2 N–H and O–H groups in total. The van der Waals surface area contributed by atoms with Crippen molar-refractivity contribution in [3.05, 3.63) is 12.2 Å². The van der Waals surface area contributed by atoms with Gasteiger partial charge in [0.2, 0.25) is 0 Å². The third kappa shape index (κ3) is 11.2. The number of methoxy groups -OCH3 is 1. The summed E-state index contributed by atoms with van der Waals surface area (Å²) in [5.41, 5.74) is -0.411. The normalized spacial score (nSPS) is 10.6. The van der Waals surface area contributed by atoms with Crippen LogP contribution < -0.4 is 10.6 Å². The van der Waals surface area contributed by atoms with Gasteiger partial charge in [-0.05, 0) is 20.8 Å². The average Bonchev–Trinajstić information content (AvgIpc) is 2.42. The number of ether oxygens (including phenoxy) is 3. The minimum absolute atomic E-state index is 0.0468. The quantitative estimate of drug-likeness (QED) is 0.348. The number of hydrogen-bond donors (Lipinski definition) is 2. The molecule has 0 aliphatic rings. The molecule has 0 radical (unpaired) electrons. The maximum absolute atomic E-state index is 11.6. The molecule has 8 heteroatoms. The molecule has 132 valence electrons. The van der Waals surface area contributed by atoms with Gasteiger partial charge in [0.05, 0.1) is 19.6 Å². The van der Waals surface area contributed by atoms with Gasteiger partial charge in [0.25, 0.3) is 0 Å². The molecule has 0 bridgehead atoms. The Morgan fingerprint density at radius 1 is 1.13 bits per heavy atom. The molecular weight excluding hydrogens is 304 g/mol. The van der Waals surface area contributed by atoms with E-state index >= 15 is 0 Å². The van der Waals surface area contributed by atoms with E-state index < -0.39 is 23.6 Å². The average molecular weight is 330 g/mol. The third-order valence-corrected chi connectivity index (χ3v) is 2.47. The molecule has 0 aromatic heterocycles. The molecule has 0 aliphatic heterocycles. The number of rotatable bonds is 10. The lowest BCUT2D eigenvalue weighted by atomic mass is 10.1. The SMILES string of the molecule is C=C(C)C(=O)OCCNC(=O)NCCC(=O)OC(C)(C)COC. The molecule has 0 heterocycles. The second kappa shape index (κ2) is 10.6. The number of carbonyl (C=O) groups excluding carboxylic acids is 3. The monoisotopic (exact) mass is 330 g/mol. The van der Waals surface area contributed by atoms with E-state index in [2.05, 4.69) is 17.2 Å². The van der Waals surface area contributed by atoms with Gasteiger partial charge in [-0.1, -0.05) is 6.58 Å². The Balaban J connectivity index is 3.76. The predicted octanol–water partition coefficient (Wildman–Crippen LogP) is 0.763. The van der Waals surface area contributed by atoms with E-state index in [9.17, 15) is 14.4 Å². The zero-order valence-corrected chi connectivity index (χ0v) is 14.2. The summed E-state index contributed by atoms with van der Waals surface area (Å²) in [5.74, 6) is -0.934. The van der Waals surface area contributed by atoms with Crippen LogP contribution in [0.1, 0.15) is 27.2 Å². The van der Waals surface area contributed by atoms with Gasteiger partial charge in [-0.2, -0.15) is 0 Å². The molecule has 0 fully saturated rings. The number of urea groups is 1. The zero-order valence-electron chi connectivity index (χ0n) is 14.2. The Morgan fingerprint density at radius 2 is 1.74 bits per heavy atom. The highest BCUT2D eigenvalue weighted by Crippen LogP contribution is 2.10.